The van der Waals surface area contributed by atoms with Crippen molar-refractivity contribution >= 4 is 26.8 Å². The van der Waals surface area contributed by atoms with Crippen LogP contribution in [0.5, 0.6) is 0 Å². The Morgan fingerprint density at radius 3 is 2.59 bits per heavy atom. The predicted molar refractivity (Wildman–Crippen MR) is 78.4 cm³/mol. The van der Waals surface area contributed by atoms with Crippen LogP contribution in [0.2, 0.25) is 0 Å². The third kappa shape index (κ3) is 3.77. The highest BCUT2D eigenvalue weighted by Crippen LogP contribution is 2.37. The SMILES string of the molecule is CN(CCN1CCCC1)C1=NC(N(C)C)SS1. The molecule has 2 aliphatic heterocycles. The summed E-state index contributed by atoms with van der Waals surface area (Å²) in [7, 11) is 9.94. The van der Waals surface area contributed by atoms with E-state index < -0.39 is 0 Å². The average Bonchev–Trinajstić information content (AvgIpc) is 2.96. The lowest BCUT2D eigenvalue weighted by Crippen LogP contribution is -2.33. The Labute approximate surface area is 112 Å². The summed E-state index contributed by atoms with van der Waals surface area (Å²) >= 11 is 0. The van der Waals surface area contributed by atoms with Gasteiger partial charge in [0.2, 0.25) is 0 Å². The van der Waals surface area contributed by atoms with Crippen molar-refractivity contribution in [3.8, 4) is 0 Å². The monoisotopic (exact) mass is 274 g/mol. The predicted octanol–water partition coefficient (Wildman–Crippen LogP) is 1.61. The Morgan fingerprint density at radius 2 is 2.00 bits per heavy atom. The van der Waals surface area contributed by atoms with E-state index in [-0.39, 0.29) is 5.50 Å². The first-order chi connectivity index (χ1) is 8.16. The third-order valence-corrected chi connectivity index (χ3v) is 5.76. The van der Waals surface area contributed by atoms with Gasteiger partial charge in [0.15, 0.2) is 10.7 Å². The van der Waals surface area contributed by atoms with Crippen LogP contribution in [0.4, 0.5) is 0 Å². The van der Waals surface area contributed by atoms with Crippen molar-refractivity contribution in [3.05, 3.63) is 0 Å². The lowest BCUT2D eigenvalue weighted by molar-refractivity contribution is 0.308. The number of rotatable bonds is 4. The van der Waals surface area contributed by atoms with Crippen molar-refractivity contribution in [1.82, 2.24) is 14.7 Å². The van der Waals surface area contributed by atoms with Gasteiger partial charge in [0.05, 0.1) is 0 Å². The van der Waals surface area contributed by atoms with E-state index in [0.29, 0.717) is 0 Å². The second kappa shape index (κ2) is 6.31. The van der Waals surface area contributed by atoms with Crippen LogP contribution in [-0.2, 0) is 0 Å². The molecule has 1 atom stereocenters. The summed E-state index contributed by atoms with van der Waals surface area (Å²) in [6, 6.07) is 0. The molecule has 0 aromatic heterocycles. The first-order valence-corrected chi connectivity index (χ1v) is 8.39. The van der Waals surface area contributed by atoms with Crippen molar-refractivity contribution in [2.45, 2.75) is 18.3 Å². The Bertz CT molecular complexity index is 277. The maximum Gasteiger partial charge on any atom is 0.172 e. The molecule has 4 nitrogen and oxygen atoms in total. The van der Waals surface area contributed by atoms with Crippen LogP contribution in [0.3, 0.4) is 0 Å². The molecule has 0 spiro atoms. The van der Waals surface area contributed by atoms with E-state index in [1.165, 1.54) is 37.6 Å². The van der Waals surface area contributed by atoms with Gasteiger partial charge in [-0.05, 0) is 61.6 Å². The van der Waals surface area contributed by atoms with E-state index in [9.17, 15) is 0 Å². The normalized spacial score (nSPS) is 25.6. The number of nitrogens with zero attached hydrogens (tertiary/aromatic N) is 4. The van der Waals surface area contributed by atoms with Gasteiger partial charge < -0.3 is 9.80 Å². The molecular weight excluding hydrogens is 252 g/mol. The molecule has 2 heterocycles. The van der Waals surface area contributed by atoms with E-state index in [4.69, 9.17) is 4.99 Å². The van der Waals surface area contributed by atoms with Gasteiger partial charge in [-0.3, -0.25) is 4.90 Å². The van der Waals surface area contributed by atoms with E-state index >= 15 is 0 Å². The molecule has 0 aliphatic carbocycles. The minimum atomic E-state index is 0.282. The maximum atomic E-state index is 4.71. The molecule has 98 valence electrons. The molecule has 1 fully saturated rings. The standard InChI is InChI=1S/C11H22N4S2/c1-13(2)10-12-11(17-16-10)14(3)8-9-15-6-4-5-7-15/h10H,4-9H2,1-3H3. The fourth-order valence-electron chi connectivity index (χ4n) is 1.98. The Morgan fingerprint density at radius 1 is 1.29 bits per heavy atom. The van der Waals surface area contributed by atoms with Crippen LogP contribution in [0.1, 0.15) is 12.8 Å². The number of aliphatic imine (C=N–C) groups is 1. The van der Waals surface area contributed by atoms with E-state index in [0.717, 1.165) is 6.54 Å². The van der Waals surface area contributed by atoms with Crippen LogP contribution in [-0.4, -0.2) is 72.7 Å². The molecule has 6 heteroatoms. The molecule has 0 radical (unpaired) electrons. The van der Waals surface area contributed by atoms with Gasteiger partial charge in [0, 0.05) is 20.1 Å². The quantitative estimate of drug-likeness (QED) is 0.724. The van der Waals surface area contributed by atoms with Crippen LogP contribution in [0, 0.1) is 0 Å². The number of hydrogen-bond acceptors (Lipinski definition) is 6. The van der Waals surface area contributed by atoms with E-state index in [1.807, 2.05) is 10.8 Å². The largest absolute Gasteiger partial charge is 0.353 e. The smallest absolute Gasteiger partial charge is 0.172 e. The summed E-state index contributed by atoms with van der Waals surface area (Å²) in [5.74, 6) is 0. The number of likely N-dealkylation sites (N-methyl/N-ethyl adjacent to an activating group) is 1. The van der Waals surface area contributed by atoms with Crippen molar-refractivity contribution in [2.24, 2.45) is 4.99 Å². The van der Waals surface area contributed by atoms with E-state index in [1.54, 1.807) is 10.8 Å². The van der Waals surface area contributed by atoms with Gasteiger partial charge in [-0.15, -0.1) is 0 Å². The zero-order valence-corrected chi connectivity index (χ0v) is 12.6. The summed E-state index contributed by atoms with van der Waals surface area (Å²) in [5.41, 5.74) is 0.282. The number of amidine groups is 1. The second-order valence-corrected chi connectivity index (χ2v) is 7.07. The first kappa shape index (κ1) is 13.5. The van der Waals surface area contributed by atoms with E-state index in [2.05, 4.69) is 35.8 Å². The van der Waals surface area contributed by atoms with Gasteiger partial charge >= 0.3 is 0 Å². The second-order valence-electron chi connectivity index (χ2n) is 4.85. The maximum absolute atomic E-state index is 4.71. The highest BCUT2D eigenvalue weighted by atomic mass is 33.1. The Balaban J connectivity index is 1.75. The van der Waals surface area contributed by atoms with Gasteiger partial charge in [-0.25, -0.2) is 4.99 Å². The summed E-state index contributed by atoms with van der Waals surface area (Å²) in [6.07, 6.45) is 2.75. The van der Waals surface area contributed by atoms with Crippen LogP contribution < -0.4 is 0 Å². The molecule has 17 heavy (non-hydrogen) atoms. The van der Waals surface area contributed by atoms with Crippen LogP contribution >= 0.6 is 21.6 Å². The molecule has 0 amide bonds. The highest BCUT2D eigenvalue weighted by Gasteiger charge is 2.23. The first-order valence-electron chi connectivity index (χ1n) is 6.18. The zero-order chi connectivity index (χ0) is 12.3. The van der Waals surface area contributed by atoms with Gasteiger partial charge in [0.25, 0.3) is 0 Å². The molecule has 2 aliphatic rings. The summed E-state index contributed by atoms with van der Waals surface area (Å²) in [6.45, 7) is 4.82. The van der Waals surface area contributed by atoms with Crippen molar-refractivity contribution in [2.75, 3.05) is 47.3 Å². The molecule has 0 N–H and O–H groups in total. The van der Waals surface area contributed by atoms with Crippen molar-refractivity contribution < 1.29 is 0 Å². The summed E-state index contributed by atoms with van der Waals surface area (Å²) in [4.78, 5) is 11.7. The lowest BCUT2D eigenvalue weighted by Gasteiger charge is -2.21. The third-order valence-electron chi connectivity index (χ3n) is 3.15. The topological polar surface area (TPSA) is 22.1 Å². The molecule has 0 saturated carbocycles. The van der Waals surface area contributed by atoms with Gasteiger partial charge in [-0.1, -0.05) is 0 Å². The number of likely N-dealkylation sites (tertiary alicyclic amines) is 1. The summed E-state index contributed by atoms with van der Waals surface area (Å²) in [5, 5.41) is 1.17. The zero-order valence-electron chi connectivity index (χ0n) is 10.9. The highest BCUT2D eigenvalue weighted by molar-refractivity contribution is 8.82. The minimum absolute atomic E-state index is 0.282. The molecular formula is C11H22N4S2. The minimum Gasteiger partial charge on any atom is -0.353 e. The molecule has 0 aromatic carbocycles. The average molecular weight is 274 g/mol. The molecule has 1 saturated heterocycles. The lowest BCUT2D eigenvalue weighted by atomic mass is 10.4. The molecule has 0 bridgehead atoms. The van der Waals surface area contributed by atoms with Crippen molar-refractivity contribution in [1.29, 1.82) is 0 Å². The van der Waals surface area contributed by atoms with Crippen LogP contribution in [0.15, 0.2) is 4.99 Å². The molecule has 0 aromatic rings. The van der Waals surface area contributed by atoms with Crippen molar-refractivity contribution in [3.63, 3.8) is 0 Å². The number of hydrogen-bond donors (Lipinski definition) is 0. The van der Waals surface area contributed by atoms with Crippen LogP contribution in [0.25, 0.3) is 0 Å². The Kier molecular flexibility index (Phi) is 5.02. The van der Waals surface area contributed by atoms with Gasteiger partial charge in [0.1, 0.15) is 0 Å². The molecule has 1 unspecified atom stereocenters. The fraction of sp³-hybridized carbons (Fsp3) is 0.909. The van der Waals surface area contributed by atoms with Gasteiger partial charge in [-0.2, -0.15) is 0 Å². The summed E-state index contributed by atoms with van der Waals surface area (Å²) < 4.78 is 0. The molecule has 2 rings (SSSR count). The Hall–Kier alpha value is 0.0900. The fourth-order valence-corrected chi connectivity index (χ4v) is 4.57.